The van der Waals surface area contributed by atoms with Crippen molar-refractivity contribution < 1.29 is 4.42 Å². The summed E-state index contributed by atoms with van der Waals surface area (Å²) in [4.78, 5) is 2.50. The van der Waals surface area contributed by atoms with Crippen LogP contribution in [0.1, 0.15) is 25.5 Å². The van der Waals surface area contributed by atoms with Gasteiger partial charge < -0.3 is 15.1 Å². The van der Waals surface area contributed by atoms with E-state index in [2.05, 4.69) is 22.5 Å². The molecule has 0 bridgehead atoms. The van der Waals surface area contributed by atoms with E-state index in [-0.39, 0.29) is 0 Å². The van der Waals surface area contributed by atoms with E-state index in [9.17, 15) is 0 Å². The summed E-state index contributed by atoms with van der Waals surface area (Å²) in [5.74, 6) is 0.898. The van der Waals surface area contributed by atoms with Gasteiger partial charge in [0.15, 0.2) is 5.11 Å². The summed E-state index contributed by atoms with van der Waals surface area (Å²) >= 11 is 5.25. The Hall–Kier alpha value is -1.07. The maximum absolute atomic E-state index is 5.25. The molecule has 1 aliphatic heterocycles. The van der Waals surface area contributed by atoms with Crippen LogP contribution < -0.4 is 10.6 Å². The van der Waals surface area contributed by atoms with Gasteiger partial charge in [-0.2, -0.15) is 0 Å². The van der Waals surface area contributed by atoms with Gasteiger partial charge in [0.25, 0.3) is 0 Å². The fourth-order valence-corrected chi connectivity index (χ4v) is 2.55. The third-order valence-corrected chi connectivity index (χ3v) is 3.70. The van der Waals surface area contributed by atoms with Gasteiger partial charge in [-0.05, 0) is 50.3 Å². The molecule has 0 saturated carbocycles. The average molecular weight is 267 g/mol. The fraction of sp³-hybridized carbons (Fsp3) is 0.615. The number of nitrogens with one attached hydrogen (secondary N) is 2. The van der Waals surface area contributed by atoms with Crippen LogP contribution in [0.3, 0.4) is 0 Å². The SMILES string of the molecule is CCN1CCC[C@H]1CNC(=S)NCc1ccco1. The molecule has 2 N–H and O–H groups in total. The van der Waals surface area contributed by atoms with Crippen molar-refractivity contribution in [1.29, 1.82) is 0 Å². The number of likely N-dealkylation sites (N-methyl/N-ethyl adjacent to an activating group) is 1. The minimum atomic E-state index is 0.623. The van der Waals surface area contributed by atoms with Crippen LogP contribution in [-0.2, 0) is 6.54 Å². The minimum absolute atomic E-state index is 0.623. The van der Waals surface area contributed by atoms with E-state index >= 15 is 0 Å². The lowest BCUT2D eigenvalue weighted by Gasteiger charge is -2.23. The van der Waals surface area contributed by atoms with Crippen LogP contribution in [0.5, 0.6) is 0 Å². The molecule has 18 heavy (non-hydrogen) atoms. The number of rotatable bonds is 5. The Morgan fingerprint density at radius 1 is 1.56 bits per heavy atom. The molecule has 0 aliphatic carbocycles. The lowest BCUT2D eigenvalue weighted by Crippen LogP contribution is -2.43. The maximum Gasteiger partial charge on any atom is 0.166 e. The van der Waals surface area contributed by atoms with Gasteiger partial charge in [0.1, 0.15) is 5.76 Å². The molecule has 100 valence electrons. The Kier molecular flexibility index (Phi) is 5.01. The Morgan fingerprint density at radius 3 is 3.17 bits per heavy atom. The van der Waals surface area contributed by atoms with E-state index in [1.54, 1.807) is 6.26 Å². The minimum Gasteiger partial charge on any atom is -0.467 e. The Morgan fingerprint density at radius 2 is 2.44 bits per heavy atom. The number of hydrogen-bond acceptors (Lipinski definition) is 3. The van der Waals surface area contributed by atoms with Gasteiger partial charge in [0.05, 0.1) is 12.8 Å². The van der Waals surface area contributed by atoms with E-state index < -0.39 is 0 Å². The summed E-state index contributed by atoms with van der Waals surface area (Å²) in [7, 11) is 0. The van der Waals surface area contributed by atoms with Gasteiger partial charge >= 0.3 is 0 Å². The standard InChI is InChI=1S/C13H21N3OS/c1-2-16-7-3-5-11(16)9-14-13(18)15-10-12-6-4-8-17-12/h4,6,8,11H,2-3,5,7,9-10H2,1H3,(H2,14,15,18)/t11-/m0/s1. The van der Waals surface area contributed by atoms with Crippen molar-refractivity contribution in [1.82, 2.24) is 15.5 Å². The molecule has 0 radical (unpaired) electrons. The van der Waals surface area contributed by atoms with Gasteiger partial charge in [0, 0.05) is 12.6 Å². The van der Waals surface area contributed by atoms with Gasteiger partial charge in [-0.1, -0.05) is 6.92 Å². The van der Waals surface area contributed by atoms with Crippen molar-refractivity contribution >= 4 is 17.3 Å². The first-order chi connectivity index (χ1) is 8.79. The van der Waals surface area contributed by atoms with E-state index in [4.69, 9.17) is 16.6 Å². The Balaban J connectivity index is 1.65. The molecule has 0 spiro atoms. The molecule has 5 heteroatoms. The maximum atomic E-state index is 5.25. The van der Waals surface area contributed by atoms with Crippen molar-refractivity contribution in [2.24, 2.45) is 0 Å². The molecule has 2 heterocycles. The highest BCUT2D eigenvalue weighted by Gasteiger charge is 2.22. The van der Waals surface area contributed by atoms with E-state index in [1.807, 2.05) is 12.1 Å². The first-order valence-corrected chi connectivity index (χ1v) is 6.98. The van der Waals surface area contributed by atoms with E-state index in [0.29, 0.717) is 17.7 Å². The van der Waals surface area contributed by atoms with Crippen molar-refractivity contribution in [3.8, 4) is 0 Å². The number of nitrogens with zero attached hydrogens (tertiary/aromatic N) is 1. The smallest absolute Gasteiger partial charge is 0.166 e. The highest BCUT2D eigenvalue weighted by Crippen LogP contribution is 2.15. The van der Waals surface area contributed by atoms with Crippen LogP contribution in [0, 0.1) is 0 Å². The predicted octanol–water partition coefficient (Wildman–Crippen LogP) is 1.73. The largest absolute Gasteiger partial charge is 0.467 e. The quantitative estimate of drug-likeness (QED) is 0.795. The summed E-state index contributed by atoms with van der Waals surface area (Å²) in [6, 6.07) is 4.44. The van der Waals surface area contributed by atoms with Crippen LogP contribution in [0.15, 0.2) is 22.8 Å². The molecule has 0 unspecified atom stereocenters. The molecule has 0 amide bonds. The summed E-state index contributed by atoms with van der Waals surface area (Å²) < 4.78 is 5.24. The summed E-state index contributed by atoms with van der Waals surface area (Å²) in [5, 5.41) is 7.14. The zero-order valence-electron chi connectivity index (χ0n) is 10.8. The molecule has 1 aromatic heterocycles. The Bertz CT molecular complexity index is 366. The second kappa shape index (κ2) is 6.75. The van der Waals surface area contributed by atoms with Crippen LogP contribution in [-0.4, -0.2) is 35.7 Å². The van der Waals surface area contributed by atoms with Crippen molar-refractivity contribution in [3.05, 3.63) is 24.2 Å². The molecule has 1 aliphatic rings. The number of likely N-dealkylation sites (tertiary alicyclic amines) is 1. The van der Waals surface area contributed by atoms with Gasteiger partial charge in [0.2, 0.25) is 0 Å². The third kappa shape index (κ3) is 3.71. The van der Waals surface area contributed by atoms with Crippen molar-refractivity contribution in [2.75, 3.05) is 19.6 Å². The van der Waals surface area contributed by atoms with Crippen molar-refractivity contribution in [2.45, 2.75) is 32.4 Å². The number of furan rings is 1. The number of thiocarbonyl (C=S) groups is 1. The molecule has 1 aromatic rings. The highest BCUT2D eigenvalue weighted by molar-refractivity contribution is 7.80. The summed E-state index contributed by atoms with van der Waals surface area (Å²) in [5.41, 5.74) is 0. The Labute approximate surface area is 114 Å². The van der Waals surface area contributed by atoms with Crippen molar-refractivity contribution in [3.63, 3.8) is 0 Å². The number of hydrogen-bond donors (Lipinski definition) is 2. The highest BCUT2D eigenvalue weighted by atomic mass is 32.1. The molecular formula is C13H21N3OS. The molecule has 1 fully saturated rings. The van der Waals surface area contributed by atoms with Crippen LogP contribution in [0.25, 0.3) is 0 Å². The second-order valence-electron chi connectivity index (χ2n) is 4.57. The van der Waals surface area contributed by atoms with E-state index in [1.165, 1.54) is 19.4 Å². The summed E-state index contributed by atoms with van der Waals surface area (Å²) in [6.07, 6.45) is 4.24. The third-order valence-electron chi connectivity index (χ3n) is 3.41. The molecule has 1 atom stereocenters. The fourth-order valence-electron chi connectivity index (χ4n) is 2.40. The van der Waals surface area contributed by atoms with Crippen LogP contribution in [0.2, 0.25) is 0 Å². The molecule has 0 aromatic carbocycles. The predicted molar refractivity (Wildman–Crippen MR) is 76.4 cm³/mol. The van der Waals surface area contributed by atoms with Crippen LogP contribution >= 0.6 is 12.2 Å². The van der Waals surface area contributed by atoms with E-state index in [0.717, 1.165) is 18.8 Å². The van der Waals surface area contributed by atoms with Crippen LogP contribution in [0.4, 0.5) is 0 Å². The monoisotopic (exact) mass is 267 g/mol. The average Bonchev–Trinajstić information content (AvgIpc) is 3.04. The second-order valence-corrected chi connectivity index (χ2v) is 4.98. The molecular weight excluding hydrogens is 246 g/mol. The summed E-state index contributed by atoms with van der Waals surface area (Å²) in [6.45, 7) is 6.12. The topological polar surface area (TPSA) is 40.4 Å². The lowest BCUT2D eigenvalue weighted by molar-refractivity contribution is 0.267. The van der Waals surface area contributed by atoms with Gasteiger partial charge in [-0.3, -0.25) is 4.90 Å². The first kappa shape index (κ1) is 13.4. The van der Waals surface area contributed by atoms with Gasteiger partial charge in [-0.25, -0.2) is 0 Å². The molecule has 1 saturated heterocycles. The molecule has 2 rings (SSSR count). The first-order valence-electron chi connectivity index (χ1n) is 6.57. The zero-order chi connectivity index (χ0) is 12.8. The zero-order valence-corrected chi connectivity index (χ0v) is 11.6. The molecule has 4 nitrogen and oxygen atoms in total. The normalized spacial score (nSPS) is 19.9. The van der Waals surface area contributed by atoms with Gasteiger partial charge in [-0.15, -0.1) is 0 Å². The lowest BCUT2D eigenvalue weighted by atomic mass is 10.2.